The van der Waals surface area contributed by atoms with Gasteiger partial charge in [-0.25, -0.2) is 0 Å². The van der Waals surface area contributed by atoms with Gasteiger partial charge in [-0.3, -0.25) is 0 Å². The molecule has 3 nitrogen and oxygen atoms in total. The van der Waals surface area contributed by atoms with E-state index in [1.807, 2.05) is 18.2 Å². The number of hydrogen-bond donors (Lipinski definition) is 1. The molecule has 0 bridgehead atoms. The van der Waals surface area contributed by atoms with E-state index in [1.54, 1.807) is 0 Å². The molecule has 0 fully saturated rings. The summed E-state index contributed by atoms with van der Waals surface area (Å²) in [4.78, 5) is 0. The van der Waals surface area contributed by atoms with Crippen molar-refractivity contribution in [1.82, 2.24) is 0 Å². The van der Waals surface area contributed by atoms with Gasteiger partial charge in [0.25, 0.3) is 0 Å². The standard InChI is InChI=1S/C10H9BrClN3/c11-8-5-6(12)1-2-7(8)9-3-4-10(13)15-14-9/h1-2,5H,3-4H2,(H2,13,15). The summed E-state index contributed by atoms with van der Waals surface area (Å²) in [5, 5.41) is 8.66. The second kappa shape index (κ2) is 4.33. The highest BCUT2D eigenvalue weighted by Gasteiger charge is 2.12. The fourth-order valence-corrected chi connectivity index (χ4v) is 2.29. The van der Waals surface area contributed by atoms with E-state index < -0.39 is 0 Å². The maximum Gasteiger partial charge on any atom is 0.122 e. The highest BCUT2D eigenvalue weighted by molar-refractivity contribution is 9.10. The van der Waals surface area contributed by atoms with Crippen LogP contribution < -0.4 is 5.73 Å². The highest BCUT2D eigenvalue weighted by Crippen LogP contribution is 2.24. The lowest BCUT2D eigenvalue weighted by molar-refractivity contribution is 1.02. The lowest BCUT2D eigenvalue weighted by Crippen LogP contribution is -2.17. The highest BCUT2D eigenvalue weighted by atomic mass is 79.9. The normalized spacial score (nSPS) is 15.9. The molecular weight excluding hydrogens is 277 g/mol. The smallest absolute Gasteiger partial charge is 0.122 e. The van der Waals surface area contributed by atoms with Crippen LogP contribution in [0, 0.1) is 0 Å². The molecule has 2 N–H and O–H groups in total. The Bertz CT molecular complexity index is 454. The van der Waals surface area contributed by atoms with Crippen LogP contribution in [0.3, 0.4) is 0 Å². The van der Waals surface area contributed by atoms with Gasteiger partial charge < -0.3 is 5.73 Å². The minimum Gasteiger partial charge on any atom is -0.386 e. The molecule has 1 aliphatic heterocycles. The predicted molar refractivity (Wildman–Crippen MR) is 66.5 cm³/mol. The molecule has 0 spiro atoms. The van der Waals surface area contributed by atoms with Gasteiger partial charge >= 0.3 is 0 Å². The minimum atomic E-state index is 0.587. The third kappa shape index (κ3) is 2.38. The molecule has 0 aromatic heterocycles. The Labute approximate surface area is 101 Å². The van der Waals surface area contributed by atoms with Crippen LogP contribution in [0.4, 0.5) is 0 Å². The monoisotopic (exact) mass is 285 g/mol. The molecular formula is C10H9BrClN3. The molecule has 0 atom stereocenters. The first-order valence-electron chi connectivity index (χ1n) is 4.51. The van der Waals surface area contributed by atoms with Crippen LogP contribution in [0.25, 0.3) is 0 Å². The van der Waals surface area contributed by atoms with Crippen LogP contribution in [0.1, 0.15) is 18.4 Å². The lowest BCUT2D eigenvalue weighted by atomic mass is 10.1. The van der Waals surface area contributed by atoms with E-state index >= 15 is 0 Å². The van der Waals surface area contributed by atoms with Crippen molar-refractivity contribution in [3.8, 4) is 0 Å². The van der Waals surface area contributed by atoms with Crippen molar-refractivity contribution in [1.29, 1.82) is 0 Å². The number of amidine groups is 1. The maximum atomic E-state index is 5.86. The Balaban J connectivity index is 2.38. The molecule has 0 unspecified atom stereocenters. The summed E-state index contributed by atoms with van der Waals surface area (Å²) in [5.41, 5.74) is 7.51. The molecule has 5 heteroatoms. The van der Waals surface area contributed by atoms with E-state index in [4.69, 9.17) is 17.3 Å². The SMILES string of the molecule is NC1=NN=C(c2ccc(Cl)cc2Br)CC1. The Morgan fingerprint density at radius 1 is 1.27 bits per heavy atom. The summed E-state index contributed by atoms with van der Waals surface area (Å²) in [6.45, 7) is 0. The number of nitrogens with zero attached hydrogens (tertiary/aromatic N) is 2. The zero-order chi connectivity index (χ0) is 10.8. The third-order valence-electron chi connectivity index (χ3n) is 2.16. The Morgan fingerprint density at radius 2 is 2.07 bits per heavy atom. The Morgan fingerprint density at radius 3 is 2.67 bits per heavy atom. The van der Waals surface area contributed by atoms with Gasteiger partial charge in [0.2, 0.25) is 0 Å². The molecule has 1 heterocycles. The number of hydrogen-bond acceptors (Lipinski definition) is 3. The van der Waals surface area contributed by atoms with Gasteiger partial charge in [0.1, 0.15) is 5.84 Å². The molecule has 0 radical (unpaired) electrons. The first-order chi connectivity index (χ1) is 7.16. The molecule has 78 valence electrons. The summed E-state index contributed by atoms with van der Waals surface area (Å²) in [6.07, 6.45) is 1.57. The fourth-order valence-electron chi connectivity index (χ4n) is 1.38. The first-order valence-corrected chi connectivity index (χ1v) is 5.68. The minimum absolute atomic E-state index is 0.587. The molecule has 1 aliphatic rings. The summed E-state index contributed by atoms with van der Waals surface area (Å²) in [6, 6.07) is 5.62. The number of rotatable bonds is 1. The van der Waals surface area contributed by atoms with Gasteiger partial charge in [0.05, 0.1) is 5.71 Å². The van der Waals surface area contributed by atoms with Gasteiger partial charge in [0.15, 0.2) is 0 Å². The van der Waals surface area contributed by atoms with Crippen LogP contribution in [0.2, 0.25) is 5.02 Å². The molecule has 0 aliphatic carbocycles. The van der Waals surface area contributed by atoms with Gasteiger partial charge in [-0.1, -0.05) is 33.6 Å². The third-order valence-corrected chi connectivity index (χ3v) is 3.05. The van der Waals surface area contributed by atoms with E-state index in [9.17, 15) is 0 Å². The molecule has 2 rings (SSSR count). The van der Waals surface area contributed by atoms with Crippen LogP contribution in [-0.4, -0.2) is 11.5 Å². The van der Waals surface area contributed by atoms with Crippen LogP contribution >= 0.6 is 27.5 Å². The first kappa shape index (κ1) is 10.6. The number of nitrogens with two attached hydrogens (primary N) is 1. The van der Waals surface area contributed by atoms with Gasteiger partial charge in [-0.15, -0.1) is 5.10 Å². The molecule has 0 amide bonds. The average molecular weight is 287 g/mol. The summed E-state index contributed by atoms with van der Waals surface area (Å²) < 4.78 is 0.935. The Hall–Kier alpha value is -0.870. The summed E-state index contributed by atoms with van der Waals surface area (Å²) in [5.74, 6) is 0.587. The van der Waals surface area contributed by atoms with Crippen LogP contribution in [0.15, 0.2) is 32.9 Å². The van der Waals surface area contributed by atoms with E-state index in [2.05, 4.69) is 26.1 Å². The second-order valence-electron chi connectivity index (χ2n) is 3.26. The average Bonchev–Trinajstić information content (AvgIpc) is 2.20. The maximum absolute atomic E-state index is 5.86. The second-order valence-corrected chi connectivity index (χ2v) is 4.55. The topological polar surface area (TPSA) is 50.7 Å². The zero-order valence-corrected chi connectivity index (χ0v) is 10.2. The fraction of sp³-hybridized carbons (Fsp3) is 0.200. The van der Waals surface area contributed by atoms with Crippen molar-refractivity contribution >= 4 is 39.1 Å². The summed E-state index contributed by atoms with van der Waals surface area (Å²) >= 11 is 9.31. The quantitative estimate of drug-likeness (QED) is 0.848. The van der Waals surface area contributed by atoms with Gasteiger partial charge in [-0.05, 0) is 18.6 Å². The van der Waals surface area contributed by atoms with Crippen molar-refractivity contribution < 1.29 is 0 Å². The molecule has 0 saturated carbocycles. The molecule has 15 heavy (non-hydrogen) atoms. The molecule has 1 aromatic carbocycles. The van der Waals surface area contributed by atoms with Crippen molar-refractivity contribution in [3.63, 3.8) is 0 Å². The number of halogens is 2. The largest absolute Gasteiger partial charge is 0.386 e. The molecule has 0 saturated heterocycles. The predicted octanol–water partition coefficient (Wildman–Crippen LogP) is 2.96. The van der Waals surface area contributed by atoms with Crippen LogP contribution in [-0.2, 0) is 0 Å². The van der Waals surface area contributed by atoms with Gasteiger partial charge in [-0.2, -0.15) is 5.10 Å². The van der Waals surface area contributed by atoms with E-state index in [-0.39, 0.29) is 0 Å². The van der Waals surface area contributed by atoms with Gasteiger partial charge in [0, 0.05) is 21.5 Å². The lowest BCUT2D eigenvalue weighted by Gasteiger charge is -2.11. The van der Waals surface area contributed by atoms with E-state index in [0.717, 1.165) is 28.6 Å². The van der Waals surface area contributed by atoms with Crippen molar-refractivity contribution in [2.24, 2.45) is 15.9 Å². The van der Waals surface area contributed by atoms with Crippen LogP contribution in [0.5, 0.6) is 0 Å². The number of benzene rings is 1. The van der Waals surface area contributed by atoms with Crippen molar-refractivity contribution in [2.75, 3.05) is 0 Å². The van der Waals surface area contributed by atoms with E-state index in [1.165, 1.54) is 0 Å². The van der Waals surface area contributed by atoms with Crippen molar-refractivity contribution in [3.05, 3.63) is 33.3 Å². The van der Waals surface area contributed by atoms with Crippen molar-refractivity contribution in [2.45, 2.75) is 12.8 Å². The zero-order valence-electron chi connectivity index (χ0n) is 7.87. The Kier molecular flexibility index (Phi) is 3.07. The summed E-state index contributed by atoms with van der Waals surface area (Å²) in [7, 11) is 0. The molecule has 1 aromatic rings. The van der Waals surface area contributed by atoms with E-state index in [0.29, 0.717) is 10.9 Å².